The molecule has 0 spiro atoms. The van der Waals surface area contributed by atoms with Gasteiger partial charge in [0.1, 0.15) is 0 Å². The SMILES string of the molecule is CCNP(=O)(Cc1ccc(N)cc1)NCC. The fourth-order valence-electron chi connectivity index (χ4n) is 1.56. The average molecular weight is 241 g/mol. The van der Waals surface area contributed by atoms with Gasteiger partial charge in [0.25, 0.3) is 0 Å². The van der Waals surface area contributed by atoms with E-state index in [-0.39, 0.29) is 0 Å². The summed E-state index contributed by atoms with van der Waals surface area (Å²) < 4.78 is 12.4. The molecular weight excluding hydrogens is 221 g/mol. The van der Waals surface area contributed by atoms with Gasteiger partial charge in [0.05, 0.1) is 6.16 Å². The molecule has 0 amide bonds. The largest absolute Gasteiger partial charge is 0.399 e. The molecule has 0 aliphatic heterocycles. The second kappa shape index (κ2) is 6.04. The molecule has 4 N–H and O–H groups in total. The van der Waals surface area contributed by atoms with Gasteiger partial charge < -0.3 is 5.73 Å². The zero-order valence-corrected chi connectivity index (χ0v) is 10.8. The van der Waals surface area contributed by atoms with Crippen LogP contribution in [0.25, 0.3) is 0 Å². The van der Waals surface area contributed by atoms with Crippen molar-refractivity contribution < 1.29 is 4.57 Å². The first-order chi connectivity index (χ1) is 7.59. The molecule has 0 radical (unpaired) electrons. The number of hydrogen-bond donors (Lipinski definition) is 3. The van der Waals surface area contributed by atoms with Crippen LogP contribution < -0.4 is 15.9 Å². The molecular formula is C11H20N3OP. The van der Waals surface area contributed by atoms with Crippen molar-refractivity contribution in [2.75, 3.05) is 18.8 Å². The van der Waals surface area contributed by atoms with Gasteiger partial charge in [0, 0.05) is 5.69 Å². The zero-order chi connectivity index (χ0) is 12.0. The van der Waals surface area contributed by atoms with E-state index in [1.165, 1.54) is 0 Å². The normalized spacial score (nSPS) is 11.6. The maximum atomic E-state index is 12.4. The van der Waals surface area contributed by atoms with Gasteiger partial charge in [-0.05, 0) is 30.8 Å². The highest BCUT2D eigenvalue weighted by Gasteiger charge is 2.19. The van der Waals surface area contributed by atoms with Crippen LogP contribution in [0.2, 0.25) is 0 Å². The van der Waals surface area contributed by atoms with Gasteiger partial charge in [-0.15, -0.1) is 0 Å². The molecule has 0 atom stereocenters. The second-order valence-corrected chi connectivity index (χ2v) is 6.09. The summed E-state index contributed by atoms with van der Waals surface area (Å²) in [6.07, 6.45) is 0.509. The van der Waals surface area contributed by atoms with Gasteiger partial charge in [-0.3, -0.25) is 14.7 Å². The average Bonchev–Trinajstić information content (AvgIpc) is 2.22. The minimum Gasteiger partial charge on any atom is -0.399 e. The van der Waals surface area contributed by atoms with Crippen molar-refractivity contribution in [1.82, 2.24) is 10.2 Å². The predicted molar refractivity (Wildman–Crippen MR) is 69.5 cm³/mol. The molecule has 1 aromatic rings. The first kappa shape index (κ1) is 13.2. The molecule has 1 rings (SSSR count). The minimum atomic E-state index is -2.50. The lowest BCUT2D eigenvalue weighted by Crippen LogP contribution is -2.23. The van der Waals surface area contributed by atoms with Crippen molar-refractivity contribution in [1.29, 1.82) is 0 Å². The molecule has 16 heavy (non-hydrogen) atoms. The van der Waals surface area contributed by atoms with Gasteiger partial charge in [-0.1, -0.05) is 26.0 Å². The van der Waals surface area contributed by atoms with Crippen molar-refractivity contribution in [3.05, 3.63) is 29.8 Å². The fraction of sp³-hybridized carbons (Fsp3) is 0.455. The molecule has 0 aromatic heterocycles. The monoisotopic (exact) mass is 241 g/mol. The van der Waals surface area contributed by atoms with E-state index >= 15 is 0 Å². The zero-order valence-electron chi connectivity index (χ0n) is 9.86. The topological polar surface area (TPSA) is 67.2 Å². The summed E-state index contributed by atoms with van der Waals surface area (Å²) >= 11 is 0. The lowest BCUT2D eigenvalue weighted by Gasteiger charge is -2.19. The summed E-state index contributed by atoms with van der Waals surface area (Å²) in [6, 6.07) is 7.49. The second-order valence-electron chi connectivity index (χ2n) is 3.66. The van der Waals surface area contributed by atoms with E-state index in [4.69, 9.17) is 5.73 Å². The third kappa shape index (κ3) is 3.97. The summed E-state index contributed by atoms with van der Waals surface area (Å²) in [4.78, 5) is 0. The smallest absolute Gasteiger partial charge is 0.215 e. The Morgan fingerprint density at radius 1 is 1.12 bits per heavy atom. The minimum absolute atomic E-state index is 0.509. The van der Waals surface area contributed by atoms with Crippen LogP contribution in [0.5, 0.6) is 0 Å². The van der Waals surface area contributed by atoms with E-state index in [1.807, 2.05) is 38.1 Å². The van der Waals surface area contributed by atoms with Crippen LogP contribution in [0.1, 0.15) is 19.4 Å². The Kier molecular flexibility index (Phi) is 5.00. The Morgan fingerprint density at radius 2 is 1.62 bits per heavy atom. The maximum Gasteiger partial charge on any atom is 0.215 e. The number of nitrogen functional groups attached to an aromatic ring is 1. The molecule has 0 heterocycles. The fourth-order valence-corrected chi connectivity index (χ4v) is 3.64. The lowest BCUT2D eigenvalue weighted by molar-refractivity contribution is 0.554. The molecule has 0 fully saturated rings. The maximum absolute atomic E-state index is 12.4. The summed E-state index contributed by atoms with van der Waals surface area (Å²) in [5.41, 5.74) is 7.36. The standard InChI is InChI=1S/C11H20N3OP/c1-3-13-16(15,14-4-2)9-10-5-7-11(12)8-6-10/h5-8H,3-4,9,12H2,1-2H3,(H2,13,14,15). The molecule has 0 saturated carbocycles. The van der Waals surface area contributed by atoms with E-state index in [0.717, 1.165) is 11.3 Å². The highest BCUT2D eigenvalue weighted by molar-refractivity contribution is 7.59. The van der Waals surface area contributed by atoms with Gasteiger partial charge >= 0.3 is 0 Å². The van der Waals surface area contributed by atoms with Crippen LogP contribution >= 0.6 is 7.44 Å². The van der Waals surface area contributed by atoms with Gasteiger partial charge in [0.15, 0.2) is 0 Å². The van der Waals surface area contributed by atoms with Crippen LogP contribution in [0.3, 0.4) is 0 Å². The molecule has 0 aliphatic rings. The van der Waals surface area contributed by atoms with Crippen LogP contribution in [0.15, 0.2) is 24.3 Å². The Labute approximate surface area is 97.1 Å². The Bertz CT molecular complexity index is 354. The van der Waals surface area contributed by atoms with Crippen LogP contribution in [0, 0.1) is 0 Å². The predicted octanol–water partition coefficient (Wildman–Crippen LogP) is 2.18. The summed E-state index contributed by atoms with van der Waals surface area (Å²) in [6.45, 7) is 5.29. The van der Waals surface area contributed by atoms with Crippen molar-refractivity contribution >= 4 is 13.1 Å². The Hall–Kier alpha value is -0.830. The highest BCUT2D eigenvalue weighted by Crippen LogP contribution is 2.39. The number of benzene rings is 1. The first-order valence-electron chi connectivity index (χ1n) is 5.53. The summed E-state index contributed by atoms with van der Waals surface area (Å²) in [5, 5.41) is 6.07. The molecule has 90 valence electrons. The molecule has 1 aromatic carbocycles. The Balaban J connectivity index is 2.75. The quantitative estimate of drug-likeness (QED) is 0.527. The number of rotatable bonds is 6. The molecule has 4 nitrogen and oxygen atoms in total. The van der Waals surface area contributed by atoms with Crippen LogP contribution in [-0.4, -0.2) is 13.1 Å². The molecule has 0 unspecified atom stereocenters. The van der Waals surface area contributed by atoms with Crippen molar-refractivity contribution in [2.24, 2.45) is 0 Å². The third-order valence-corrected chi connectivity index (χ3v) is 4.68. The molecule has 5 heteroatoms. The van der Waals surface area contributed by atoms with Gasteiger partial charge in [0.2, 0.25) is 7.44 Å². The van der Waals surface area contributed by atoms with Crippen LogP contribution in [-0.2, 0) is 10.7 Å². The van der Waals surface area contributed by atoms with Crippen molar-refractivity contribution in [3.63, 3.8) is 0 Å². The number of hydrogen-bond acceptors (Lipinski definition) is 2. The highest BCUT2D eigenvalue weighted by atomic mass is 31.2. The lowest BCUT2D eigenvalue weighted by atomic mass is 10.2. The van der Waals surface area contributed by atoms with E-state index in [2.05, 4.69) is 10.2 Å². The van der Waals surface area contributed by atoms with Gasteiger partial charge in [-0.25, -0.2) is 0 Å². The van der Waals surface area contributed by atoms with Crippen molar-refractivity contribution in [2.45, 2.75) is 20.0 Å². The number of nitrogens with one attached hydrogen (secondary N) is 2. The summed E-state index contributed by atoms with van der Waals surface area (Å²) in [5.74, 6) is 0. The van der Waals surface area contributed by atoms with Gasteiger partial charge in [-0.2, -0.15) is 0 Å². The molecule has 0 bridgehead atoms. The number of nitrogens with two attached hydrogens (primary N) is 1. The van der Waals surface area contributed by atoms with Crippen molar-refractivity contribution in [3.8, 4) is 0 Å². The van der Waals surface area contributed by atoms with Crippen LogP contribution in [0.4, 0.5) is 5.69 Å². The van der Waals surface area contributed by atoms with E-state index in [0.29, 0.717) is 19.3 Å². The van der Waals surface area contributed by atoms with E-state index in [1.54, 1.807) is 0 Å². The molecule has 0 saturated heterocycles. The van der Waals surface area contributed by atoms with E-state index < -0.39 is 7.44 Å². The van der Waals surface area contributed by atoms with E-state index in [9.17, 15) is 4.57 Å². The third-order valence-electron chi connectivity index (χ3n) is 2.21. The molecule has 0 aliphatic carbocycles. The summed E-state index contributed by atoms with van der Waals surface area (Å²) in [7, 11) is -2.50. The first-order valence-corrected chi connectivity index (χ1v) is 7.42. The number of anilines is 1. The Morgan fingerprint density at radius 3 is 2.06 bits per heavy atom.